The van der Waals surface area contributed by atoms with Crippen LogP contribution in [0, 0.1) is 10.1 Å². The maximum Gasteiger partial charge on any atom is 0.275 e. The van der Waals surface area contributed by atoms with Crippen molar-refractivity contribution in [2.75, 3.05) is 11.9 Å². The monoisotopic (exact) mass is 296 g/mol. The fourth-order valence-electron chi connectivity index (χ4n) is 2.02. The van der Waals surface area contributed by atoms with Crippen LogP contribution in [0.25, 0.3) is 0 Å². The summed E-state index contributed by atoms with van der Waals surface area (Å²) in [4.78, 5) is 10.6. The van der Waals surface area contributed by atoms with Gasteiger partial charge in [0.2, 0.25) is 0 Å². The molecule has 0 amide bonds. The number of hydrogen-bond donors (Lipinski definition) is 2. The van der Waals surface area contributed by atoms with Crippen molar-refractivity contribution in [3.63, 3.8) is 0 Å². The van der Waals surface area contributed by atoms with Gasteiger partial charge in [-0.25, -0.2) is 0 Å². The summed E-state index contributed by atoms with van der Waals surface area (Å²) in [7, 11) is 0. The van der Waals surface area contributed by atoms with E-state index in [1.807, 2.05) is 27.7 Å². The Labute approximate surface area is 125 Å². The maximum absolute atomic E-state index is 11.0. The first-order chi connectivity index (χ1) is 9.79. The van der Waals surface area contributed by atoms with Crippen molar-refractivity contribution in [1.29, 1.82) is 0 Å². The summed E-state index contributed by atoms with van der Waals surface area (Å²) in [6.45, 7) is 7.78. The fraction of sp³-hybridized carbons (Fsp3) is 0.600. The number of aliphatic hydroxyl groups excluding tert-OH is 1. The Morgan fingerprint density at radius 2 is 2.10 bits per heavy atom. The number of nitro groups is 1. The first kappa shape index (κ1) is 17.2. The zero-order chi connectivity index (χ0) is 16.0. The number of anilines is 1. The summed E-state index contributed by atoms with van der Waals surface area (Å²) in [5, 5.41) is 23.5. The van der Waals surface area contributed by atoms with Crippen molar-refractivity contribution in [1.82, 2.24) is 0 Å². The van der Waals surface area contributed by atoms with E-state index in [-0.39, 0.29) is 23.9 Å². The van der Waals surface area contributed by atoms with E-state index in [4.69, 9.17) is 9.84 Å². The molecule has 0 saturated heterocycles. The first-order valence-electron chi connectivity index (χ1n) is 7.15. The lowest BCUT2D eigenvalue weighted by Gasteiger charge is -2.30. The predicted molar refractivity (Wildman–Crippen MR) is 82.9 cm³/mol. The van der Waals surface area contributed by atoms with Gasteiger partial charge in [0.25, 0.3) is 5.69 Å². The molecule has 0 fully saturated rings. The highest BCUT2D eigenvalue weighted by Gasteiger charge is 2.22. The Morgan fingerprint density at radius 3 is 2.57 bits per heavy atom. The van der Waals surface area contributed by atoms with Crippen molar-refractivity contribution >= 4 is 11.4 Å². The molecule has 6 nitrogen and oxygen atoms in total. The van der Waals surface area contributed by atoms with Gasteiger partial charge < -0.3 is 15.2 Å². The van der Waals surface area contributed by atoms with Crippen molar-refractivity contribution in [3.05, 3.63) is 28.3 Å². The number of ether oxygens (including phenoxy) is 1. The van der Waals surface area contributed by atoms with Crippen LogP contribution in [0.2, 0.25) is 0 Å². The summed E-state index contributed by atoms with van der Waals surface area (Å²) in [5.41, 5.74) is 0.287. The molecular formula is C15H24N2O4. The third kappa shape index (κ3) is 5.23. The van der Waals surface area contributed by atoms with Crippen molar-refractivity contribution in [2.45, 2.75) is 52.2 Å². The molecule has 0 bridgehead atoms. The third-order valence-electron chi connectivity index (χ3n) is 3.36. The number of nitrogens with one attached hydrogen (secondary N) is 1. The lowest BCUT2D eigenvalue weighted by molar-refractivity contribution is -0.384. The molecule has 1 aromatic carbocycles. The van der Waals surface area contributed by atoms with E-state index in [1.54, 1.807) is 6.07 Å². The van der Waals surface area contributed by atoms with Gasteiger partial charge in [-0.3, -0.25) is 10.1 Å². The van der Waals surface area contributed by atoms with Gasteiger partial charge in [-0.1, -0.05) is 6.92 Å². The summed E-state index contributed by atoms with van der Waals surface area (Å²) < 4.78 is 5.56. The zero-order valence-corrected chi connectivity index (χ0v) is 13.0. The number of aliphatic hydroxyl groups is 1. The number of non-ortho nitro benzene ring substituents is 1. The minimum absolute atomic E-state index is 0.0156. The molecular weight excluding hydrogens is 272 g/mol. The van der Waals surface area contributed by atoms with E-state index in [1.165, 1.54) is 12.1 Å². The first-order valence-corrected chi connectivity index (χ1v) is 7.15. The molecule has 1 aromatic rings. The summed E-state index contributed by atoms with van der Waals surface area (Å²) in [6, 6.07) is 4.65. The molecule has 1 unspecified atom stereocenters. The van der Waals surface area contributed by atoms with Crippen molar-refractivity contribution in [3.8, 4) is 5.75 Å². The molecule has 0 saturated carbocycles. The molecule has 0 aliphatic carbocycles. The highest BCUT2D eigenvalue weighted by molar-refractivity contribution is 5.57. The standard InChI is InChI=1S/C15H24N2O4/c1-5-15(4,6-7-18)16-12-8-13(17(19)20)10-14(9-12)21-11(2)3/h8-11,16,18H,5-7H2,1-4H3. The summed E-state index contributed by atoms with van der Waals surface area (Å²) >= 11 is 0. The molecule has 0 aromatic heterocycles. The molecule has 0 aliphatic rings. The average molecular weight is 296 g/mol. The van der Waals surface area contributed by atoms with E-state index in [9.17, 15) is 10.1 Å². The quantitative estimate of drug-likeness (QED) is 0.567. The number of nitro benzene ring substituents is 1. The second-order valence-corrected chi connectivity index (χ2v) is 5.65. The van der Waals surface area contributed by atoms with Gasteiger partial charge in [0.15, 0.2) is 0 Å². The van der Waals surface area contributed by atoms with Gasteiger partial charge in [-0.05, 0) is 33.6 Å². The van der Waals surface area contributed by atoms with Crippen LogP contribution in [0.3, 0.4) is 0 Å². The Balaban J connectivity index is 3.10. The van der Waals surface area contributed by atoms with E-state index in [0.717, 1.165) is 6.42 Å². The number of nitrogens with zero attached hydrogens (tertiary/aromatic N) is 1. The van der Waals surface area contributed by atoms with Gasteiger partial charge in [-0.15, -0.1) is 0 Å². The Kier molecular flexibility index (Phi) is 5.96. The zero-order valence-electron chi connectivity index (χ0n) is 13.0. The van der Waals surface area contributed by atoms with Crippen LogP contribution in [-0.4, -0.2) is 28.3 Å². The fourth-order valence-corrected chi connectivity index (χ4v) is 2.02. The predicted octanol–water partition coefficient (Wildman–Crippen LogP) is 3.35. The molecule has 0 radical (unpaired) electrons. The van der Waals surface area contributed by atoms with Crippen LogP contribution in [0.5, 0.6) is 5.75 Å². The van der Waals surface area contributed by atoms with E-state index < -0.39 is 4.92 Å². The van der Waals surface area contributed by atoms with Crippen LogP contribution in [0.4, 0.5) is 11.4 Å². The van der Waals surface area contributed by atoms with Crippen LogP contribution in [0.15, 0.2) is 18.2 Å². The second-order valence-electron chi connectivity index (χ2n) is 5.65. The minimum Gasteiger partial charge on any atom is -0.491 e. The van der Waals surface area contributed by atoms with Crippen LogP contribution in [-0.2, 0) is 0 Å². The number of rotatable bonds is 8. The molecule has 1 rings (SSSR count). The van der Waals surface area contributed by atoms with Crippen LogP contribution in [0.1, 0.15) is 40.5 Å². The number of hydrogen-bond acceptors (Lipinski definition) is 5. The lowest BCUT2D eigenvalue weighted by Crippen LogP contribution is -2.35. The molecule has 0 aliphatic heterocycles. The Bertz CT molecular complexity index is 491. The molecule has 21 heavy (non-hydrogen) atoms. The van der Waals surface area contributed by atoms with Gasteiger partial charge in [-0.2, -0.15) is 0 Å². The second kappa shape index (κ2) is 7.26. The van der Waals surface area contributed by atoms with Crippen molar-refractivity contribution < 1.29 is 14.8 Å². The highest BCUT2D eigenvalue weighted by Crippen LogP contribution is 2.30. The maximum atomic E-state index is 11.0. The van der Waals surface area contributed by atoms with Gasteiger partial charge in [0.1, 0.15) is 5.75 Å². The topological polar surface area (TPSA) is 84.6 Å². The van der Waals surface area contributed by atoms with Crippen LogP contribution >= 0.6 is 0 Å². The SMILES string of the molecule is CCC(C)(CCO)Nc1cc(OC(C)C)cc([N+](=O)[O-])c1. The van der Waals surface area contributed by atoms with Gasteiger partial charge >= 0.3 is 0 Å². The molecule has 6 heteroatoms. The summed E-state index contributed by atoms with van der Waals surface area (Å²) in [6.07, 6.45) is 1.29. The smallest absolute Gasteiger partial charge is 0.275 e. The molecule has 0 spiro atoms. The van der Waals surface area contributed by atoms with E-state index in [2.05, 4.69) is 5.32 Å². The van der Waals surface area contributed by atoms with Crippen molar-refractivity contribution in [2.24, 2.45) is 0 Å². The highest BCUT2D eigenvalue weighted by atomic mass is 16.6. The molecule has 118 valence electrons. The van der Waals surface area contributed by atoms with E-state index >= 15 is 0 Å². The van der Waals surface area contributed by atoms with E-state index in [0.29, 0.717) is 17.9 Å². The average Bonchev–Trinajstić information content (AvgIpc) is 2.37. The normalized spacial score (nSPS) is 13.8. The minimum atomic E-state index is -0.437. The van der Waals surface area contributed by atoms with Gasteiger partial charge in [0.05, 0.1) is 17.1 Å². The van der Waals surface area contributed by atoms with Gasteiger partial charge in [0, 0.05) is 30.0 Å². The lowest BCUT2D eigenvalue weighted by atomic mass is 9.94. The summed E-state index contributed by atoms with van der Waals surface area (Å²) in [5.74, 6) is 0.462. The third-order valence-corrected chi connectivity index (χ3v) is 3.36. The molecule has 0 heterocycles. The molecule has 1 atom stereocenters. The number of benzene rings is 1. The van der Waals surface area contributed by atoms with Crippen LogP contribution < -0.4 is 10.1 Å². The molecule has 2 N–H and O–H groups in total. The largest absolute Gasteiger partial charge is 0.491 e. The Hall–Kier alpha value is -1.82. The Morgan fingerprint density at radius 1 is 1.43 bits per heavy atom.